The van der Waals surface area contributed by atoms with Crippen LogP contribution in [0.1, 0.15) is 23.9 Å². The van der Waals surface area contributed by atoms with E-state index >= 15 is 0 Å². The van der Waals surface area contributed by atoms with E-state index in [2.05, 4.69) is 4.98 Å². The molecule has 7 heteroatoms. The summed E-state index contributed by atoms with van der Waals surface area (Å²) in [6, 6.07) is 3.00. The zero-order valence-corrected chi connectivity index (χ0v) is 8.65. The Labute approximate surface area is 93.7 Å². The molecule has 0 unspecified atom stereocenters. The van der Waals surface area contributed by atoms with Gasteiger partial charge >= 0.3 is 6.18 Å². The van der Waals surface area contributed by atoms with Gasteiger partial charge in [0.05, 0.1) is 12.5 Å². The van der Waals surface area contributed by atoms with Crippen LogP contribution in [0.25, 0.3) is 0 Å². The molecular formula is C10H7F5N2. The quantitative estimate of drug-likeness (QED) is 0.755. The van der Waals surface area contributed by atoms with Crippen LogP contribution < -0.4 is 0 Å². The van der Waals surface area contributed by atoms with E-state index in [1.54, 1.807) is 6.07 Å². The lowest BCUT2D eigenvalue weighted by atomic mass is 10.1. The zero-order chi connectivity index (χ0) is 13.3. The van der Waals surface area contributed by atoms with E-state index in [9.17, 15) is 22.0 Å². The first-order valence-corrected chi connectivity index (χ1v) is 4.48. The predicted molar refractivity (Wildman–Crippen MR) is 48.1 cm³/mol. The number of hydrogen-bond donors (Lipinski definition) is 0. The maximum absolute atomic E-state index is 12.9. The third kappa shape index (κ3) is 3.37. The minimum Gasteiger partial charge on any atom is -0.242 e. The van der Waals surface area contributed by atoms with E-state index in [0.717, 1.165) is 6.07 Å². The fourth-order valence-corrected chi connectivity index (χ4v) is 1.15. The van der Waals surface area contributed by atoms with Gasteiger partial charge in [0.15, 0.2) is 0 Å². The van der Waals surface area contributed by atoms with Crippen LogP contribution in [0, 0.1) is 11.3 Å². The number of aromatic nitrogens is 1. The molecule has 1 heterocycles. The number of alkyl halides is 5. The lowest BCUT2D eigenvalue weighted by molar-refractivity contribution is -0.141. The minimum atomic E-state index is -4.81. The van der Waals surface area contributed by atoms with Gasteiger partial charge < -0.3 is 0 Å². The topological polar surface area (TPSA) is 36.7 Å². The highest BCUT2D eigenvalue weighted by Crippen LogP contribution is 2.32. The van der Waals surface area contributed by atoms with Crippen molar-refractivity contribution in [2.45, 2.75) is 25.4 Å². The molecule has 1 aromatic heterocycles. The molecule has 0 saturated carbocycles. The molecule has 0 fully saturated rings. The van der Waals surface area contributed by atoms with E-state index in [0.29, 0.717) is 13.0 Å². The van der Waals surface area contributed by atoms with Crippen molar-refractivity contribution in [2.24, 2.45) is 0 Å². The van der Waals surface area contributed by atoms with Crippen LogP contribution in [0.15, 0.2) is 12.1 Å². The Morgan fingerprint density at radius 2 is 1.71 bits per heavy atom. The second-order valence-electron chi connectivity index (χ2n) is 3.47. The molecule has 0 saturated heterocycles. The van der Waals surface area contributed by atoms with E-state index < -0.39 is 23.5 Å². The Bertz CT molecular complexity index is 421. The van der Waals surface area contributed by atoms with Gasteiger partial charge in [-0.05, 0) is 17.7 Å². The van der Waals surface area contributed by atoms with Gasteiger partial charge in [0.2, 0.25) is 0 Å². The van der Waals surface area contributed by atoms with Crippen LogP contribution in [0.2, 0.25) is 0 Å². The first-order chi connectivity index (χ1) is 7.64. The number of pyridine rings is 1. The van der Waals surface area contributed by atoms with E-state index in [-0.39, 0.29) is 12.0 Å². The second-order valence-corrected chi connectivity index (χ2v) is 3.47. The van der Waals surface area contributed by atoms with Gasteiger partial charge in [0, 0.05) is 6.92 Å². The summed E-state index contributed by atoms with van der Waals surface area (Å²) in [6.45, 7) is 0.450. The van der Waals surface area contributed by atoms with Gasteiger partial charge in [-0.2, -0.15) is 27.2 Å². The predicted octanol–water partition coefficient (Wildman–Crippen LogP) is 3.28. The maximum Gasteiger partial charge on any atom is 0.433 e. The monoisotopic (exact) mass is 250 g/mol. The van der Waals surface area contributed by atoms with Crippen molar-refractivity contribution in [3.8, 4) is 6.07 Å². The van der Waals surface area contributed by atoms with Gasteiger partial charge in [-0.25, -0.2) is 4.98 Å². The van der Waals surface area contributed by atoms with E-state index in [1.165, 1.54) is 0 Å². The first-order valence-electron chi connectivity index (χ1n) is 4.48. The van der Waals surface area contributed by atoms with Gasteiger partial charge in [-0.1, -0.05) is 0 Å². The minimum absolute atomic E-state index is 0.133. The summed E-state index contributed by atoms with van der Waals surface area (Å²) in [5, 5.41) is 8.37. The summed E-state index contributed by atoms with van der Waals surface area (Å²) in [7, 11) is 0. The summed E-state index contributed by atoms with van der Waals surface area (Å²) >= 11 is 0. The van der Waals surface area contributed by atoms with Gasteiger partial charge in [-0.3, -0.25) is 0 Å². The lowest BCUT2D eigenvalue weighted by Crippen LogP contribution is -2.16. The molecule has 0 bridgehead atoms. The van der Waals surface area contributed by atoms with Crippen LogP contribution >= 0.6 is 0 Å². The summed E-state index contributed by atoms with van der Waals surface area (Å²) in [6.07, 6.45) is -5.19. The van der Waals surface area contributed by atoms with Crippen LogP contribution in [-0.4, -0.2) is 4.98 Å². The van der Waals surface area contributed by atoms with Crippen LogP contribution in [0.3, 0.4) is 0 Å². The Balaban J connectivity index is 3.35. The summed E-state index contributed by atoms with van der Waals surface area (Å²) < 4.78 is 63.0. The van der Waals surface area contributed by atoms with Crippen molar-refractivity contribution in [3.05, 3.63) is 29.1 Å². The standard InChI is InChI=1S/C10H7F5N2/c1-9(11,12)7-4-6(2-3-16)5-8(17-7)10(13,14)15/h4-5H,2H2,1H3. The van der Waals surface area contributed by atoms with Crippen LogP contribution in [0.5, 0.6) is 0 Å². The Morgan fingerprint density at radius 3 is 2.12 bits per heavy atom. The van der Waals surface area contributed by atoms with Crippen LogP contribution in [0.4, 0.5) is 22.0 Å². The SMILES string of the molecule is CC(F)(F)c1cc(CC#N)cc(C(F)(F)F)n1. The van der Waals surface area contributed by atoms with Gasteiger partial charge in [-0.15, -0.1) is 0 Å². The van der Waals surface area contributed by atoms with Crippen molar-refractivity contribution in [2.75, 3.05) is 0 Å². The normalized spacial score (nSPS) is 12.3. The molecule has 0 spiro atoms. The first kappa shape index (κ1) is 13.4. The molecule has 92 valence electrons. The Morgan fingerprint density at radius 1 is 1.18 bits per heavy atom. The van der Waals surface area contributed by atoms with Crippen LogP contribution in [-0.2, 0) is 18.5 Å². The van der Waals surface area contributed by atoms with Gasteiger partial charge in [0.25, 0.3) is 5.92 Å². The smallest absolute Gasteiger partial charge is 0.242 e. The van der Waals surface area contributed by atoms with Crippen molar-refractivity contribution in [3.63, 3.8) is 0 Å². The third-order valence-corrected chi connectivity index (χ3v) is 1.91. The number of nitrogens with zero attached hydrogens (tertiary/aromatic N) is 2. The molecular weight excluding hydrogens is 243 g/mol. The Hall–Kier alpha value is -1.71. The van der Waals surface area contributed by atoms with Crippen molar-refractivity contribution in [1.82, 2.24) is 4.98 Å². The lowest BCUT2D eigenvalue weighted by Gasteiger charge is -2.14. The maximum atomic E-state index is 12.9. The highest BCUT2D eigenvalue weighted by molar-refractivity contribution is 5.27. The van der Waals surface area contributed by atoms with E-state index in [4.69, 9.17) is 5.26 Å². The summed E-state index contributed by atoms with van der Waals surface area (Å²) in [5.74, 6) is -3.48. The highest BCUT2D eigenvalue weighted by atomic mass is 19.4. The molecule has 1 aromatic rings. The van der Waals surface area contributed by atoms with Crippen molar-refractivity contribution in [1.29, 1.82) is 5.26 Å². The molecule has 0 aliphatic heterocycles. The van der Waals surface area contributed by atoms with Crippen molar-refractivity contribution < 1.29 is 22.0 Å². The third-order valence-electron chi connectivity index (χ3n) is 1.91. The number of nitriles is 1. The average molecular weight is 250 g/mol. The number of hydrogen-bond acceptors (Lipinski definition) is 2. The molecule has 0 aliphatic carbocycles. The second kappa shape index (κ2) is 4.28. The molecule has 1 rings (SSSR count). The zero-order valence-electron chi connectivity index (χ0n) is 8.65. The number of halogens is 5. The van der Waals surface area contributed by atoms with E-state index in [1.807, 2.05) is 0 Å². The molecule has 0 N–H and O–H groups in total. The van der Waals surface area contributed by atoms with Gasteiger partial charge in [0.1, 0.15) is 11.4 Å². The summed E-state index contributed by atoms with van der Waals surface area (Å²) in [4.78, 5) is 2.87. The molecule has 0 radical (unpaired) electrons. The number of rotatable bonds is 2. The molecule has 0 atom stereocenters. The molecule has 0 aliphatic rings. The Kier molecular flexibility index (Phi) is 3.36. The largest absolute Gasteiger partial charge is 0.433 e. The average Bonchev–Trinajstić information content (AvgIpc) is 2.15. The fraction of sp³-hybridized carbons (Fsp3) is 0.400. The highest BCUT2D eigenvalue weighted by Gasteiger charge is 2.36. The molecule has 0 aromatic carbocycles. The molecule has 17 heavy (non-hydrogen) atoms. The molecule has 0 amide bonds. The molecule has 2 nitrogen and oxygen atoms in total. The fourth-order valence-electron chi connectivity index (χ4n) is 1.15. The van der Waals surface area contributed by atoms with Crippen molar-refractivity contribution >= 4 is 0 Å². The summed E-state index contributed by atoms with van der Waals surface area (Å²) in [5.41, 5.74) is -2.54.